The maximum absolute atomic E-state index is 12.2. The lowest BCUT2D eigenvalue weighted by Gasteiger charge is -2.09. The van der Waals surface area contributed by atoms with Crippen LogP contribution in [0.2, 0.25) is 0 Å². The molecule has 0 radical (unpaired) electrons. The van der Waals surface area contributed by atoms with E-state index in [-0.39, 0.29) is 17.3 Å². The Hall–Kier alpha value is -2.24. The second-order valence-electron chi connectivity index (χ2n) is 5.19. The summed E-state index contributed by atoms with van der Waals surface area (Å²) in [4.78, 5) is 26.7. The van der Waals surface area contributed by atoms with E-state index in [9.17, 15) is 14.9 Å². The molecule has 0 fully saturated rings. The van der Waals surface area contributed by atoms with Crippen LogP contribution in [-0.2, 0) is 4.79 Å². The minimum Gasteiger partial charge on any atom is -0.323 e. The SMILES string of the molecule is O=C(CSc1ncn(-c2ccccc2)n1)Nc1c(Br)cc([N+](=O)[O-])cc1Br. The van der Waals surface area contributed by atoms with E-state index in [1.54, 1.807) is 11.0 Å². The molecular formula is C16H11Br2N5O3S. The largest absolute Gasteiger partial charge is 0.323 e. The molecule has 8 nitrogen and oxygen atoms in total. The Kier molecular flexibility index (Phi) is 6.24. The molecule has 0 aliphatic heterocycles. The van der Waals surface area contributed by atoms with Gasteiger partial charge < -0.3 is 5.32 Å². The molecule has 0 aliphatic carbocycles. The molecule has 2 aromatic carbocycles. The highest BCUT2D eigenvalue weighted by Crippen LogP contribution is 2.35. The quantitative estimate of drug-likeness (QED) is 0.297. The molecule has 1 N–H and O–H groups in total. The number of aromatic nitrogens is 3. The summed E-state index contributed by atoms with van der Waals surface area (Å²) in [5.41, 5.74) is 1.21. The maximum Gasteiger partial charge on any atom is 0.271 e. The van der Waals surface area contributed by atoms with Crippen LogP contribution in [0.1, 0.15) is 0 Å². The zero-order chi connectivity index (χ0) is 19.4. The molecule has 0 spiro atoms. The van der Waals surface area contributed by atoms with Gasteiger partial charge in [0.15, 0.2) is 0 Å². The number of para-hydroxylation sites is 1. The van der Waals surface area contributed by atoms with Gasteiger partial charge in [-0.3, -0.25) is 14.9 Å². The lowest BCUT2D eigenvalue weighted by atomic mass is 10.3. The summed E-state index contributed by atoms with van der Waals surface area (Å²) in [7, 11) is 0. The molecule has 1 aromatic heterocycles. The number of amides is 1. The van der Waals surface area contributed by atoms with Crippen LogP contribution in [0.15, 0.2) is 62.9 Å². The van der Waals surface area contributed by atoms with E-state index in [2.05, 4.69) is 47.3 Å². The maximum atomic E-state index is 12.2. The van der Waals surface area contributed by atoms with Gasteiger partial charge in [-0.05, 0) is 44.0 Å². The number of carbonyl (C=O) groups is 1. The molecule has 1 amide bonds. The number of non-ortho nitro benzene ring substituents is 1. The Labute approximate surface area is 174 Å². The molecular weight excluding hydrogens is 502 g/mol. The highest BCUT2D eigenvalue weighted by molar-refractivity contribution is 9.11. The van der Waals surface area contributed by atoms with Gasteiger partial charge in [0.2, 0.25) is 11.1 Å². The van der Waals surface area contributed by atoms with Gasteiger partial charge in [-0.1, -0.05) is 30.0 Å². The van der Waals surface area contributed by atoms with Crippen molar-refractivity contribution in [3.63, 3.8) is 0 Å². The van der Waals surface area contributed by atoms with Crippen molar-refractivity contribution < 1.29 is 9.72 Å². The Bertz CT molecular complexity index is 974. The third-order valence-corrected chi connectivity index (χ3v) is 5.43. The highest BCUT2D eigenvalue weighted by Gasteiger charge is 2.16. The molecule has 0 bridgehead atoms. The van der Waals surface area contributed by atoms with Crippen molar-refractivity contribution >= 4 is 60.9 Å². The Morgan fingerprint density at radius 2 is 1.89 bits per heavy atom. The van der Waals surface area contributed by atoms with Crippen LogP contribution >= 0.6 is 43.6 Å². The number of nitro benzene ring substituents is 1. The van der Waals surface area contributed by atoms with Gasteiger partial charge in [-0.2, -0.15) is 0 Å². The second kappa shape index (κ2) is 8.63. The average Bonchev–Trinajstić information content (AvgIpc) is 3.12. The Morgan fingerprint density at radius 3 is 2.52 bits per heavy atom. The number of nitrogens with zero attached hydrogens (tertiary/aromatic N) is 4. The zero-order valence-electron chi connectivity index (χ0n) is 13.5. The van der Waals surface area contributed by atoms with Gasteiger partial charge in [0.1, 0.15) is 6.33 Å². The number of rotatable bonds is 6. The summed E-state index contributed by atoms with van der Waals surface area (Å²) in [6.07, 6.45) is 1.58. The van der Waals surface area contributed by atoms with E-state index < -0.39 is 4.92 Å². The van der Waals surface area contributed by atoms with Crippen LogP contribution in [0.25, 0.3) is 5.69 Å². The molecule has 0 saturated carbocycles. The summed E-state index contributed by atoms with van der Waals surface area (Å²) in [6.45, 7) is 0. The minimum absolute atomic E-state index is 0.0863. The van der Waals surface area contributed by atoms with Crippen LogP contribution in [-0.4, -0.2) is 31.3 Å². The van der Waals surface area contributed by atoms with Crippen molar-refractivity contribution in [2.45, 2.75) is 5.16 Å². The van der Waals surface area contributed by atoms with E-state index in [0.29, 0.717) is 19.8 Å². The van der Waals surface area contributed by atoms with Crippen molar-refractivity contribution in [3.8, 4) is 5.69 Å². The third-order valence-electron chi connectivity index (χ3n) is 3.33. The first-order valence-electron chi connectivity index (χ1n) is 7.47. The summed E-state index contributed by atoms with van der Waals surface area (Å²) in [5, 5.41) is 18.4. The van der Waals surface area contributed by atoms with Crippen molar-refractivity contribution in [1.29, 1.82) is 0 Å². The summed E-state index contributed by atoms with van der Waals surface area (Å²) >= 11 is 7.66. The van der Waals surface area contributed by atoms with Gasteiger partial charge in [0.05, 0.1) is 22.1 Å². The van der Waals surface area contributed by atoms with Gasteiger partial charge in [0.25, 0.3) is 5.69 Å². The van der Waals surface area contributed by atoms with Crippen molar-refractivity contribution in [3.05, 3.63) is 67.9 Å². The zero-order valence-corrected chi connectivity index (χ0v) is 17.5. The van der Waals surface area contributed by atoms with Gasteiger partial charge in [-0.15, -0.1) is 5.10 Å². The van der Waals surface area contributed by atoms with Crippen LogP contribution in [0.5, 0.6) is 0 Å². The predicted molar refractivity (Wildman–Crippen MR) is 109 cm³/mol. The fourth-order valence-corrected chi connectivity index (χ4v) is 4.07. The predicted octanol–water partition coefficient (Wildman–Crippen LogP) is 4.43. The molecule has 27 heavy (non-hydrogen) atoms. The Morgan fingerprint density at radius 1 is 1.22 bits per heavy atom. The van der Waals surface area contributed by atoms with Crippen LogP contribution in [0.3, 0.4) is 0 Å². The van der Waals surface area contributed by atoms with E-state index in [4.69, 9.17) is 0 Å². The number of carbonyl (C=O) groups excluding carboxylic acids is 1. The number of anilines is 1. The number of benzene rings is 2. The number of halogens is 2. The first-order valence-corrected chi connectivity index (χ1v) is 10.0. The van der Waals surface area contributed by atoms with Crippen LogP contribution < -0.4 is 5.32 Å². The second-order valence-corrected chi connectivity index (χ2v) is 7.84. The van der Waals surface area contributed by atoms with Gasteiger partial charge >= 0.3 is 0 Å². The summed E-state index contributed by atoms with van der Waals surface area (Å²) < 4.78 is 2.45. The van der Waals surface area contributed by atoms with E-state index >= 15 is 0 Å². The molecule has 0 aliphatic rings. The van der Waals surface area contributed by atoms with Crippen molar-refractivity contribution in [2.75, 3.05) is 11.1 Å². The molecule has 3 aromatic rings. The lowest BCUT2D eigenvalue weighted by molar-refractivity contribution is -0.385. The summed E-state index contributed by atoms with van der Waals surface area (Å²) in [6, 6.07) is 12.2. The van der Waals surface area contributed by atoms with Crippen LogP contribution in [0, 0.1) is 10.1 Å². The van der Waals surface area contributed by atoms with E-state index in [1.165, 1.54) is 23.9 Å². The Balaban J connectivity index is 1.62. The molecule has 11 heteroatoms. The van der Waals surface area contributed by atoms with Gasteiger partial charge in [-0.25, -0.2) is 9.67 Å². The fraction of sp³-hybridized carbons (Fsp3) is 0.0625. The molecule has 0 saturated heterocycles. The topological polar surface area (TPSA) is 103 Å². The fourth-order valence-electron chi connectivity index (χ4n) is 2.11. The van der Waals surface area contributed by atoms with Crippen LogP contribution in [0.4, 0.5) is 11.4 Å². The number of nitro groups is 1. The third kappa shape index (κ3) is 4.93. The van der Waals surface area contributed by atoms with Gasteiger partial charge in [0, 0.05) is 21.1 Å². The standard InChI is InChI=1S/C16H11Br2N5O3S/c17-12-6-11(23(25)26)7-13(18)15(12)20-14(24)8-27-16-19-9-22(21-16)10-4-2-1-3-5-10/h1-7,9H,8H2,(H,20,24). The lowest BCUT2D eigenvalue weighted by Crippen LogP contribution is -2.15. The number of hydrogen-bond acceptors (Lipinski definition) is 6. The molecule has 0 atom stereocenters. The minimum atomic E-state index is -0.508. The van der Waals surface area contributed by atoms with E-state index in [0.717, 1.165) is 5.69 Å². The monoisotopic (exact) mass is 511 g/mol. The molecule has 138 valence electrons. The first kappa shape index (κ1) is 19.5. The number of thioether (sulfide) groups is 1. The van der Waals surface area contributed by atoms with Crippen molar-refractivity contribution in [1.82, 2.24) is 14.8 Å². The number of hydrogen-bond donors (Lipinski definition) is 1. The molecule has 0 unspecified atom stereocenters. The molecule has 3 rings (SSSR count). The first-order chi connectivity index (χ1) is 12.9. The smallest absolute Gasteiger partial charge is 0.271 e. The highest BCUT2D eigenvalue weighted by atomic mass is 79.9. The molecule has 1 heterocycles. The van der Waals surface area contributed by atoms with E-state index in [1.807, 2.05) is 30.3 Å². The average molecular weight is 513 g/mol. The normalized spacial score (nSPS) is 10.6. The summed E-state index contributed by atoms with van der Waals surface area (Å²) in [5.74, 6) is -0.194. The number of nitrogens with one attached hydrogen (secondary N) is 1. The van der Waals surface area contributed by atoms with Crippen molar-refractivity contribution in [2.24, 2.45) is 0 Å².